The van der Waals surface area contributed by atoms with Crippen LogP contribution < -0.4 is 5.32 Å². The lowest BCUT2D eigenvalue weighted by Gasteiger charge is -2.32. The fourth-order valence-electron chi connectivity index (χ4n) is 2.25. The van der Waals surface area contributed by atoms with E-state index in [0.29, 0.717) is 10.7 Å². The summed E-state index contributed by atoms with van der Waals surface area (Å²) < 4.78 is 0. The molecule has 0 unspecified atom stereocenters. The van der Waals surface area contributed by atoms with Crippen LogP contribution in [0.15, 0.2) is 24.3 Å². The number of rotatable bonds is 1. The lowest BCUT2D eigenvalue weighted by Crippen LogP contribution is -2.46. The number of carbonyl (C=O) groups is 1. The number of likely N-dealkylation sites (tertiary alicyclic amines) is 1. The molecule has 19 heavy (non-hydrogen) atoms. The number of amides is 1. The number of nitrogens with zero attached hydrogens (tertiary/aromatic N) is 1. The van der Waals surface area contributed by atoms with Gasteiger partial charge in [-0.15, -0.1) is 0 Å². The maximum absolute atomic E-state index is 12.1. The van der Waals surface area contributed by atoms with Crippen LogP contribution in [0.1, 0.15) is 35.7 Å². The zero-order valence-corrected chi connectivity index (χ0v) is 12.3. The molecule has 1 amide bonds. The smallest absolute Gasteiger partial charge is 0.257 e. The third-order valence-corrected chi connectivity index (χ3v) is 3.93. The highest BCUT2D eigenvalue weighted by Gasteiger charge is 2.19. The molecule has 0 spiro atoms. The molecule has 0 aliphatic carbocycles. The summed E-state index contributed by atoms with van der Waals surface area (Å²) in [7, 11) is 0. The van der Waals surface area contributed by atoms with Crippen molar-refractivity contribution in [2.75, 3.05) is 13.1 Å². The van der Waals surface area contributed by atoms with Gasteiger partial charge in [-0.2, -0.15) is 0 Å². The first kappa shape index (κ1) is 14.0. The monoisotopic (exact) mass is 276 g/mol. The molecule has 0 atom stereocenters. The van der Waals surface area contributed by atoms with Crippen molar-refractivity contribution in [3.63, 3.8) is 0 Å². The summed E-state index contributed by atoms with van der Waals surface area (Å²) in [5, 5.41) is 3.38. The van der Waals surface area contributed by atoms with Gasteiger partial charge in [0.15, 0.2) is 5.11 Å². The van der Waals surface area contributed by atoms with Crippen LogP contribution in [0.25, 0.3) is 0 Å². The Kier molecular flexibility index (Phi) is 4.53. The van der Waals surface area contributed by atoms with Gasteiger partial charge in [0.2, 0.25) is 0 Å². The molecule has 0 aromatic heterocycles. The molecule has 1 heterocycles. The summed E-state index contributed by atoms with van der Waals surface area (Å²) in [6, 6.07) is 7.54. The average molecular weight is 276 g/mol. The van der Waals surface area contributed by atoms with E-state index in [1.165, 1.54) is 0 Å². The number of carbonyl (C=O) groups excluding carboxylic acids is 1. The number of nitrogens with one attached hydrogen (secondary N) is 1. The topological polar surface area (TPSA) is 32.3 Å². The minimum atomic E-state index is -0.118. The summed E-state index contributed by atoms with van der Waals surface area (Å²) in [6.07, 6.45) is 2.28. The van der Waals surface area contributed by atoms with Crippen molar-refractivity contribution < 1.29 is 4.79 Å². The van der Waals surface area contributed by atoms with Crippen molar-refractivity contribution in [2.24, 2.45) is 5.92 Å². The van der Waals surface area contributed by atoms with E-state index in [1.807, 2.05) is 31.2 Å². The lowest BCUT2D eigenvalue weighted by atomic mass is 10.00. The molecular weight excluding hydrogens is 256 g/mol. The highest BCUT2D eigenvalue weighted by atomic mass is 32.1. The zero-order chi connectivity index (χ0) is 13.8. The Labute approximate surface area is 120 Å². The Bertz CT molecular complexity index is 479. The lowest BCUT2D eigenvalue weighted by molar-refractivity contribution is 0.0972. The average Bonchev–Trinajstić information content (AvgIpc) is 2.39. The third-order valence-electron chi connectivity index (χ3n) is 3.57. The Balaban J connectivity index is 1.93. The summed E-state index contributed by atoms with van der Waals surface area (Å²) in [5.41, 5.74) is 1.73. The van der Waals surface area contributed by atoms with Gasteiger partial charge in [0, 0.05) is 18.7 Å². The SMILES string of the molecule is Cc1cccc(C(=O)NC(=S)N2CCC(C)CC2)c1. The normalized spacial score (nSPS) is 16.2. The first-order chi connectivity index (χ1) is 9.06. The van der Waals surface area contributed by atoms with Gasteiger partial charge >= 0.3 is 0 Å². The second kappa shape index (κ2) is 6.15. The van der Waals surface area contributed by atoms with Crippen LogP contribution in [0.5, 0.6) is 0 Å². The molecule has 2 rings (SSSR count). The molecule has 1 saturated heterocycles. The highest BCUT2D eigenvalue weighted by Crippen LogP contribution is 2.16. The van der Waals surface area contributed by atoms with Crippen molar-refractivity contribution in [2.45, 2.75) is 26.7 Å². The first-order valence-electron chi connectivity index (χ1n) is 6.73. The van der Waals surface area contributed by atoms with Crippen molar-refractivity contribution in [3.8, 4) is 0 Å². The molecule has 0 radical (unpaired) electrons. The second-order valence-corrected chi connectivity index (χ2v) is 5.69. The van der Waals surface area contributed by atoms with Gasteiger partial charge in [-0.3, -0.25) is 10.1 Å². The maximum atomic E-state index is 12.1. The summed E-state index contributed by atoms with van der Waals surface area (Å²) in [4.78, 5) is 14.2. The third kappa shape index (κ3) is 3.77. The number of thiocarbonyl (C=S) groups is 1. The zero-order valence-electron chi connectivity index (χ0n) is 11.5. The van der Waals surface area contributed by atoms with E-state index in [1.54, 1.807) is 0 Å². The number of hydrogen-bond acceptors (Lipinski definition) is 2. The Morgan fingerprint density at radius 2 is 2.05 bits per heavy atom. The number of piperidine rings is 1. The summed E-state index contributed by atoms with van der Waals surface area (Å²) in [6.45, 7) is 6.11. The number of hydrogen-bond donors (Lipinski definition) is 1. The summed E-state index contributed by atoms with van der Waals surface area (Å²) in [5.74, 6) is 0.638. The van der Waals surface area contributed by atoms with Crippen LogP contribution in [-0.4, -0.2) is 29.0 Å². The first-order valence-corrected chi connectivity index (χ1v) is 7.14. The highest BCUT2D eigenvalue weighted by molar-refractivity contribution is 7.80. The van der Waals surface area contributed by atoms with E-state index in [-0.39, 0.29) is 5.91 Å². The quantitative estimate of drug-likeness (QED) is 0.801. The number of aryl methyl sites for hydroxylation is 1. The van der Waals surface area contributed by atoms with Crippen LogP contribution in [0, 0.1) is 12.8 Å². The van der Waals surface area contributed by atoms with Crippen molar-refractivity contribution in [1.29, 1.82) is 0 Å². The van der Waals surface area contributed by atoms with Crippen LogP contribution in [0.2, 0.25) is 0 Å². The van der Waals surface area contributed by atoms with E-state index >= 15 is 0 Å². The molecule has 1 aliphatic rings. The Morgan fingerprint density at radius 3 is 2.68 bits per heavy atom. The van der Waals surface area contributed by atoms with E-state index in [2.05, 4.69) is 17.1 Å². The Hall–Kier alpha value is -1.42. The fraction of sp³-hybridized carbons (Fsp3) is 0.467. The van der Waals surface area contributed by atoms with Crippen molar-refractivity contribution >= 4 is 23.2 Å². The van der Waals surface area contributed by atoms with Crippen molar-refractivity contribution in [1.82, 2.24) is 10.2 Å². The molecule has 1 aliphatic heterocycles. The second-order valence-electron chi connectivity index (χ2n) is 5.30. The maximum Gasteiger partial charge on any atom is 0.257 e. The van der Waals surface area contributed by atoms with Gasteiger partial charge in [0.05, 0.1) is 0 Å². The minimum absolute atomic E-state index is 0.118. The van der Waals surface area contributed by atoms with Gasteiger partial charge in [0.1, 0.15) is 0 Å². The molecule has 1 fully saturated rings. The summed E-state index contributed by atoms with van der Waals surface area (Å²) >= 11 is 5.32. The predicted octanol–water partition coefficient (Wildman–Crippen LogP) is 2.74. The van der Waals surface area contributed by atoms with Crippen LogP contribution in [-0.2, 0) is 0 Å². The van der Waals surface area contributed by atoms with Gasteiger partial charge in [-0.25, -0.2) is 0 Å². The van der Waals surface area contributed by atoms with E-state index in [9.17, 15) is 4.79 Å². The van der Waals surface area contributed by atoms with Crippen LogP contribution >= 0.6 is 12.2 Å². The van der Waals surface area contributed by atoms with Gasteiger partial charge in [-0.05, 0) is 50.0 Å². The molecule has 0 bridgehead atoms. The molecule has 1 aromatic carbocycles. The fourth-order valence-corrected chi connectivity index (χ4v) is 2.52. The van der Waals surface area contributed by atoms with E-state index in [0.717, 1.165) is 37.4 Å². The molecule has 0 saturated carbocycles. The molecule has 3 nitrogen and oxygen atoms in total. The van der Waals surface area contributed by atoms with Crippen LogP contribution in [0.3, 0.4) is 0 Å². The standard InChI is InChI=1S/C15H20N2OS/c1-11-6-8-17(9-7-11)15(19)16-14(18)13-5-3-4-12(2)10-13/h3-5,10-11H,6-9H2,1-2H3,(H,16,18,19). The van der Waals surface area contributed by atoms with Crippen molar-refractivity contribution in [3.05, 3.63) is 35.4 Å². The molecular formula is C15H20N2OS. The van der Waals surface area contributed by atoms with E-state index < -0.39 is 0 Å². The Morgan fingerprint density at radius 1 is 1.37 bits per heavy atom. The number of benzene rings is 1. The van der Waals surface area contributed by atoms with Gasteiger partial charge in [0.25, 0.3) is 5.91 Å². The minimum Gasteiger partial charge on any atom is -0.349 e. The molecule has 102 valence electrons. The van der Waals surface area contributed by atoms with Gasteiger partial charge < -0.3 is 4.90 Å². The van der Waals surface area contributed by atoms with Crippen LogP contribution in [0.4, 0.5) is 0 Å². The molecule has 1 aromatic rings. The largest absolute Gasteiger partial charge is 0.349 e. The predicted molar refractivity (Wildman–Crippen MR) is 81.2 cm³/mol. The molecule has 1 N–H and O–H groups in total. The van der Waals surface area contributed by atoms with E-state index in [4.69, 9.17) is 12.2 Å². The molecule has 4 heteroatoms. The van der Waals surface area contributed by atoms with Gasteiger partial charge in [-0.1, -0.05) is 24.6 Å².